The van der Waals surface area contributed by atoms with E-state index in [-0.39, 0.29) is 12.1 Å². The highest BCUT2D eigenvalue weighted by atomic mass is 16.4. The van der Waals surface area contributed by atoms with Crippen LogP contribution in [0.5, 0.6) is 0 Å². The van der Waals surface area contributed by atoms with Gasteiger partial charge in [-0.3, -0.25) is 14.9 Å². The molecule has 0 aliphatic heterocycles. The molecule has 1 amide bonds. The van der Waals surface area contributed by atoms with Crippen LogP contribution in [0.25, 0.3) is 0 Å². The minimum atomic E-state index is -1.08. The second-order valence-electron chi connectivity index (χ2n) is 2.30. The molecule has 1 heterocycles. The summed E-state index contributed by atoms with van der Waals surface area (Å²) >= 11 is 0. The van der Waals surface area contributed by atoms with Crippen LogP contribution in [-0.4, -0.2) is 26.8 Å². The summed E-state index contributed by atoms with van der Waals surface area (Å²) in [6.07, 6.45) is 2.41. The molecule has 1 aromatic heterocycles. The molecule has 1 rings (SSSR count). The Morgan fingerprint density at radius 1 is 1.69 bits per heavy atom. The van der Waals surface area contributed by atoms with Crippen LogP contribution in [0.1, 0.15) is 10.4 Å². The number of carboxylic acids is 1. The smallest absolute Gasteiger partial charge is 0.338 e. The van der Waals surface area contributed by atoms with Gasteiger partial charge in [-0.15, -0.1) is 0 Å². The van der Waals surface area contributed by atoms with Gasteiger partial charge in [0.05, 0.1) is 11.8 Å². The van der Waals surface area contributed by atoms with Gasteiger partial charge in [0.25, 0.3) is 5.91 Å². The van der Waals surface area contributed by atoms with Gasteiger partial charge >= 0.3 is 5.97 Å². The van der Waals surface area contributed by atoms with Crippen LogP contribution >= 0.6 is 0 Å². The number of nitrogens with one attached hydrogen (secondary N) is 1. The van der Waals surface area contributed by atoms with Gasteiger partial charge in [0.1, 0.15) is 6.54 Å². The van der Waals surface area contributed by atoms with Crippen LogP contribution in [0, 0.1) is 0 Å². The van der Waals surface area contributed by atoms with Crippen LogP contribution in [0.3, 0.4) is 0 Å². The Hall–Kier alpha value is -1.89. The van der Waals surface area contributed by atoms with E-state index in [0.717, 1.165) is 6.20 Å². The van der Waals surface area contributed by atoms with Gasteiger partial charge in [-0.25, -0.2) is 10.6 Å². The minimum Gasteiger partial charge on any atom is -0.478 e. The summed E-state index contributed by atoms with van der Waals surface area (Å²) in [5.41, 5.74) is 1.94. The lowest BCUT2D eigenvalue weighted by Gasteiger charge is -1.97. The number of nitrogens with zero attached hydrogens (tertiary/aromatic N) is 2. The first-order chi connectivity index (χ1) is 6.13. The highest BCUT2D eigenvalue weighted by Crippen LogP contribution is 1.96. The molecule has 0 saturated carbocycles. The fourth-order valence-electron chi connectivity index (χ4n) is 0.753. The normalized spacial score (nSPS) is 9.62. The Morgan fingerprint density at radius 2 is 2.38 bits per heavy atom. The topological polar surface area (TPSA) is 110 Å². The van der Waals surface area contributed by atoms with Crippen molar-refractivity contribution in [3.8, 4) is 0 Å². The Balaban J connectivity index is 2.69. The maximum atomic E-state index is 10.7. The van der Waals surface area contributed by atoms with Crippen molar-refractivity contribution in [2.75, 3.05) is 0 Å². The molecule has 0 fully saturated rings. The van der Waals surface area contributed by atoms with Gasteiger partial charge in [0.15, 0.2) is 0 Å². The van der Waals surface area contributed by atoms with Gasteiger partial charge < -0.3 is 5.11 Å². The van der Waals surface area contributed by atoms with Crippen molar-refractivity contribution in [3.05, 3.63) is 18.0 Å². The highest BCUT2D eigenvalue weighted by molar-refractivity contribution is 5.87. The van der Waals surface area contributed by atoms with E-state index in [4.69, 9.17) is 10.9 Å². The lowest BCUT2D eigenvalue weighted by atomic mass is 10.4. The van der Waals surface area contributed by atoms with Crippen molar-refractivity contribution < 1.29 is 14.7 Å². The van der Waals surface area contributed by atoms with Crippen molar-refractivity contribution in [2.45, 2.75) is 6.54 Å². The molecule has 7 nitrogen and oxygen atoms in total. The molecule has 13 heavy (non-hydrogen) atoms. The summed E-state index contributed by atoms with van der Waals surface area (Å²) in [5, 5.41) is 12.2. The molecule has 0 unspecified atom stereocenters. The molecule has 70 valence electrons. The third-order valence-electron chi connectivity index (χ3n) is 1.35. The van der Waals surface area contributed by atoms with Crippen LogP contribution < -0.4 is 11.3 Å². The Kier molecular flexibility index (Phi) is 2.60. The quantitative estimate of drug-likeness (QED) is 0.303. The number of hydrogen-bond acceptors (Lipinski definition) is 4. The monoisotopic (exact) mass is 184 g/mol. The summed E-state index contributed by atoms with van der Waals surface area (Å²) < 4.78 is 1.19. The summed E-state index contributed by atoms with van der Waals surface area (Å²) in [5.74, 6) is 3.30. The Bertz CT molecular complexity index is 332. The number of hydrazine groups is 1. The van der Waals surface area contributed by atoms with Crippen LogP contribution in [-0.2, 0) is 11.3 Å². The predicted molar refractivity (Wildman–Crippen MR) is 41.5 cm³/mol. The van der Waals surface area contributed by atoms with E-state index >= 15 is 0 Å². The van der Waals surface area contributed by atoms with Gasteiger partial charge in [-0.1, -0.05) is 0 Å². The van der Waals surface area contributed by atoms with Crippen LogP contribution in [0.4, 0.5) is 0 Å². The van der Waals surface area contributed by atoms with Crippen LogP contribution in [0.2, 0.25) is 0 Å². The molecule has 0 aromatic carbocycles. The third-order valence-corrected chi connectivity index (χ3v) is 1.35. The second kappa shape index (κ2) is 3.68. The maximum absolute atomic E-state index is 10.7. The first-order valence-corrected chi connectivity index (χ1v) is 3.38. The van der Waals surface area contributed by atoms with E-state index in [1.54, 1.807) is 0 Å². The van der Waals surface area contributed by atoms with Crippen molar-refractivity contribution in [1.29, 1.82) is 0 Å². The van der Waals surface area contributed by atoms with E-state index in [2.05, 4.69) is 5.10 Å². The fraction of sp³-hybridized carbons (Fsp3) is 0.167. The first kappa shape index (κ1) is 9.20. The number of nitrogens with two attached hydrogens (primary N) is 1. The van der Waals surface area contributed by atoms with E-state index in [1.165, 1.54) is 10.9 Å². The third kappa shape index (κ3) is 2.27. The molecular formula is C6H8N4O3. The summed E-state index contributed by atoms with van der Waals surface area (Å²) in [7, 11) is 0. The molecule has 0 bridgehead atoms. The summed E-state index contributed by atoms with van der Waals surface area (Å²) in [6.45, 7) is -0.0935. The average Bonchev–Trinajstić information content (AvgIpc) is 2.52. The molecule has 0 spiro atoms. The number of hydrogen-bond donors (Lipinski definition) is 3. The van der Waals surface area contributed by atoms with E-state index in [1.807, 2.05) is 5.43 Å². The lowest BCUT2D eigenvalue weighted by Crippen LogP contribution is -2.33. The number of carbonyl (C=O) groups is 2. The second-order valence-corrected chi connectivity index (χ2v) is 2.30. The molecular weight excluding hydrogens is 176 g/mol. The van der Waals surface area contributed by atoms with Crippen molar-refractivity contribution in [1.82, 2.24) is 15.2 Å². The SMILES string of the molecule is NNC(=O)Cn1cc(C(=O)O)cn1. The molecule has 0 aliphatic carbocycles. The van der Waals surface area contributed by atoms with Crippen molar-refractivity contribution in [3.63, 3.8) is 0 Å². The average molecular weight is 184 g/mol. The number of carbonyl (C=O) groups excluding carboxylic acids is 1. The van der Waals surface area contributed by atoms with Gasteiger partial charge in [-0.2, -0.15) is 5.10 Å². The molecule has 7 heteroatoms. The zero-order valence-corrected chi connectivity index (χ0v) is 6.60. The van der Waals surface area contributed by atoms with Crippen molar-refractivity contribution >= 4 is 11.9 Å². The van der Waals surface area contributed by atoms with Gasteiger partial charge in [-0.05, 0) is 0 Å². The number of carboxylic acid groups (broad SMARTS) is 1. The molecule has 4 N–H and O–H groups in total. The summed E-state index contributed by atoms with van der Waals surface area (Å²) in [4.78, 5) is 21.1. The first-order valence-electron chi connectivity index (χ1n) is 3.38. The summed E-state index contributed by atoms with van der Waals surface area (Å²) in [6, 6.07) is 0. The van der Waals surface area contributed by atoms with E-state index in [9.17, 15) is 9.59 Å². The van der Waals surface area contributed by atoms with E-state index in [0.29, 0.717) is 0 Å². The number of amides is 1. The van der Waals surface area contributed by atoms with Gasteiger partial charge in [0.2, 0.25) is 0 Å². The van der Waals surface area contributed by atoms with Crippen LogP contribution in [0.15, 0.2) is 12.4 Å². The Morgan fingerprint density at radius 3 is 2.85 bits per heavy atom. The largest absolute Gasteiger partial charge is 0.478 e. The van der Waals surface area contributed by atoms with Gasteiger partial charge in [0, 0.05) is 6.20 Å². The maximum Gasteiger partial charge on any atom is 0.338 e. The number of rotatable bonds is 3. The molecule has 0 saturated heterocycles. The Labute approximate surface area is 73.1 Å². The number of aromatic nitrogens is 2. The zero-order valence-electron chi connectivity index (χ0n) is 6.60. The van der Waals surface area contributed by atoms with E-state index < -0.39 is 11.9 Å². The zero-order chi connectivity index (χ0) is 9.84. The molecule has 0 aliphatic rings. The highest BCUT2D eigenvalue weighted by Gasteiger charge is 2.07. The molecule has 0 radical (unpaired) electrons. The minimum absolute atomic E-state index is 0.0322. The fourth-order valence-corrected chi connectivity index (χ4v) is 0.753. The van der Waals surface area contributed by atoms with Crippen molar-refractivity contribution in [2.24, 2.45) is 5.84 Å². The predicted octanol–water partition coefficient (Wildman–Crippen LogP) is -1.43. The number of aromatic carboxylic acids is 1. The lowest BCUT2D eigenvalue weighted by molar-refractivity contribution is -0.121. The molecule has 0 atom stereocenters. The standard InChI is InChI=1S/C6H8N4O3/c7-9-5(11)3-10-2-4(1-8-10)6(12)13/h1-2H,3,7H2,(H,9,11)(H,12,13). The molecule has 1 aromatic rings.